The van der Waals surface area contributed by atoms with Crippen LogP contribution in [0.2, 0.25) is 0 Å². The largest absolute Gasteiger partial charge is 0.370 e. The molecule has 1 aromatic carbocycles. The van der Waals surface area contributed by atoms with Crippen LogP contribution in [0.25, 0.3) is 0 Å². The van der Waals surface area contributed by atoms with Crippen LogP contribution in [0.4, 0.5) is 11.4 Å². The molecule has 1 unspecified atom stereocenters. The van der Waals surface area contributed by atoms with E-state index in [0.29, 0.717) is 0 Å². The molecule has 1 atom stereocenters. The Morgan fingerprint density at radius 1 is 1.04 bits per heavy atom. The number of nitrogens with zero attached hydrogens (tertiary/aromatic N) is 1. The average molecular weight is 327 g/mol. The molecule has 24 heavy (non-hydrogen) atoms. The molecule has 0 aromatic heterocycles. The zero-order valence-corrected chi connectivity index (χ0v) is 13.9. The van der Waals surface area contributed by atoms with E-state index in [-0.39, 0.29) is 23.7 Å². The van der Waals surface area contributed by atoms with E-state index in [1.807, 2.05) is 24.3 Å². The van der Waals surface area contributed by atoms with E-state index in [9.17, 15) is 9.59 Å². The number of hydrogen-bond acceptors (Lipinski definition) is 3. The van der Waals surface area contributed by atoms with Gasteiger partial charge in [-0.3, -0.25) is 9.59 Å². The van der Waals surface area contributed by atoms with Gasteiger partial charge in [0.25, 0.3) is 0 Å². The first-order valence-corrected chi connectivity index (χ1v) is 8.74. The van der Waals surface area contributed by atoms with Crippen molar-refractivity contribution >= 4 is 23.2 Å². The van der Waals surface area contributed by atoms with E-state index < -0.39 is 0 Å². The van der Waals surface area contributed by atoms with Crippen LogP contribution in [0.15, 0.2) is 36.4 Å². The Bertz CT molecular complexity index is 633. The maximum Gasteiger partial charge on any atom is 0.227 e. The second-order valence-corrected chi connectivity index (χ2v) is 6.65. The number of benzene rings is 1. The Morgan fingerprint density at radius 2 is 1.79 bits per heavy atom. The molecule has 2 aliphatic rings. The zero-order chi connectivity index (χ0) is 16.9. The number of rotatable bonds is 4. The number of primary amides is 1. The van der Waals surface area contributed by atoms with E-state index in [4.69, 9.17) is 5.73 Å². The molecule has 0 spiro atoms. The highest BCUT2D eigenvalue weighted by Gasteiger charge is 2.25. The van der Waals surface area contributed by atoms with Crippen LogP contribution in [0, 0.1) is 11.8 Å². The first kappa shape index (κ1) is 16.6. The Labute approximate surface area is 142 Å². The highest BCUT2D eigenvalue weighted by molar-refractivity contribution is 5.96. The van der Waals surface area contributed by atoms with Crippen molar-refractivity contribution < 1.29 is 9.59 Å². The van der Waals surface area contributed by atoms with Gasteiger partial charge in [-0.1, -0.05) is 24.3 Å². The second kappa shape index (κ2) is 7.51. The molecule has 0 bridgehead atoms. The molecule has 1 aliphatic heterocycles. The molecule has 1 heterocycles. The average Bonchev–Trinajstić information content (AvgIpc) is 2.63. The van der Waals surface area contributed by atoms with Crippen LogP contribution in [-0.2, 0) is 9.59 Å². The number of piperidine rings is 1. The smallest absolute Gasteiger partial charge is 0.227 e. The van der Waals surface area contributed by atoms with Crippen molar-refractivity contribution in [2.75, 3.05) is 23.3 Å². The summed E-state index contributed by atoms with van der Waals surface area (Å²) in [6, 6.07) is 7.90. The Kier molecular flexibility index (Phi) is 5.18. The van der Waals surface area contributed by atoms with Crippen molar-refractivity contribution in [1.29, 1.82) is 0 Å². The molecule has 1 aromatic rings. The summed E-state index contributed by atoms with van der Waals surface area (Å²) in [5.74, 6) is -0.0823. The molecule has 128 valence electrons. The van der Waals surface area contributed by atoms with Gasteiger partial charge in [-0.05, 0) is 44.2 Å². The second-order valence-electron chi connectivity index (χ2n) is 6.65. The fraction of sp³-hybridized carbons (Fsp3) is 0.474. The first-order chi connectivity index (χ1) is 11.6. The lowest BCUT2D eigenvalue weighted by Crippen LogP contribution is -2.39. The van der Waals surface area contributed by atoms with Crippen molar-refractivity contribution in [3.05, 3.63) is 36.4 Å². The van der Waals surface area contributed by atoms with Crippen LogP contribution in [0.3, 0.4) is 0 Å². The predicted molar refractivity (Wildman–Crippen MR) is 95.7 cm³/mol. The third kappa shape index (κ3) is 3.78. The normalized spacial score (nSPS) is 21.5. The third-order valence-electron chi connectivity index (χ3n) is 5.04. The summed E-state index contributed by atoms with van der Waals surface area (Å²) in [6.45, 7) is 1.57. The highest BCUT2D eigenvalue weighted by Crippen LogP contribution is 2.31. The van der Waals surface area contributed by atoms with E-state index in [1.54, 1.807) is 0 Å². The number of carbonyl (C=O) groups is 2. The summed E-state index contributed by atoms with van der Waals surface area (Å²) in [6.07, 6.45) is 8.47. The predicted octanol–water partition coefficient (Wildman–Crippen LogP) is 2.68. The molecule has 3 N–H and O–H groups in total. The molecule has 5 nitrogen and oxygen atoms in total. The number of anilines is 2. The number of hydrogen-bond donors (Lipinski definition) is 2. The summed E-state index contributed by atoms with van der Waals surface area (Å²) in [4.78, 5) is 26.1. The van der Waals surface area contributed by atoms with Crippen LogP contribution < -0.4 is 16.0 Å². The molecular weight excluding hydrogens is 302 g/mol. The van der Waals surface area contributed by atoms with Gasteiger partial charge in [0.05, 0.1) is 11.4 Å². The van der Waals surface area contributed by atoms with Gasteiger partial charge in [-0.15, -0.1) is 0 Å². The number of nitrogens with one attached hydrogen (secondary N) is 1. The van der Waals surface area contributed by atoms with E-state index in [1.165, 1.54) is 0 Å². The van der Waals surface area contributed by atoms with Crippen LogP contribution in [0.5, 0.6) is 0 Å². The Balaban J connectivity index is 1.68. The van der Waals surface area contributed by atoms with Crippen molar-refractivity contribution in [1.82, 2.24) is 0 Å². The highest BCUT2D eigenvalue weighted by atomic mass is 16.2. The minimum Gasteiger partial charge on any atom is -0.370 e. The van der Waals surface area contributed by atoms with Crippen molar-refractivity contribution in [3.63, 3.8) is 0 Å². The van der Waals surface area contributed by atoms with Gasteiger partial charge in [0.1, 0.15) is 0 Å². The zero-order valence-electron chi connectivity index (χ0n) is 13.9. The Morgan fingerprint density at radius 3 is 2.46 bits per heavy atom. The van der Waals surface area contributed by atoms with Gasteiger partial charge in [0, 0.05) is 24.9 Å². The van der Waals surface area contributed by atoms with Gasteiger partial charge in [0.2, 0.25) is 11.8 Å². The third-order valence-corrected chi connectivity index (χ3v) is 5.04. The minimum absolute atomic E-state index is 0.0305. The van der Waals surface area contributed by atoms with Gasteiger partial charge in [-0.2, -0.15) is 0 Å². The van der Waals surface area contributed by atoms with Gasteiger partial charge >= 0.3 is 0 Å². The molecule has 5 heteroatoms. The topological polar surface area (TPSA) is 75.4 Å². The lowest BCUT2D eigenvalue weighted by molar-refractivity contribution is -0.122. The number of nitrogens with two attached hydrogens (primary N) is 1. The van der Waals surface area contributed by atoms with E-state index in [2.05, 4.69) is 22.4 Å². The fourth-order valence-corrected chi connectivity index (χ4v) is 3.53. The number of para-hydroxylation sites is 2. The SMILES string of the molecule is NC(=O)C1CCN(c2ccccc2NC(=O)C2CC=CCC2)CC1. The fourth-order valence-electron chi connectivity index (χ4n) is 3.53. The maximum absolute atomic E-state index is 12.5. The number of allylic oxidation sites excluding steroid dienone is 2. The maximum atomic E-state index is 12.5. The molecule has 0 radical (unpaired) electrons. The number of carbonyl (C=O) groups excluding carboxylic acids is 2. The molecule has 1 saturated heterocycles. The molecule has 1 aliphatic carbocycles. The quantitative estimate of drug-likeness (QED) is 0.835. The molecule has 0 saturated carbocycles. The van der Waals surface area contributed by atoms with Crippen LogP contribution in [-0.4, -0.2) is 24.9 Å². The van der Waals surface area contributed by atoms with Crippen molar-refractivity contribution in [2.24, 2.45) is 17.6 Å². The van der Waals surface area contributed by atoms with E-state index in [0.717, 1.165) is 56.6 Å². The van der Waals surface area contributed by atoms with Gasteiger partial charge < -0.3 is 16.0 Å². The Hall–Kier alpha value is -2.30. The standard InChI is InChI=1S/C19H25N3O2/c20-18(23)14-10-12-22(13-11-14)17-9-5-4-8-16(17)21-19(24)15-6-2-1-3-7-15/h1-2,4-5,8-9,14-15H,3,6-7,10-13H2,(H2,20,23)(H,21,24). The summed E-state index contributed by atoms with van der Waals surface area (Å²) in [5, 5.41) is 3.11. The van der Waals surface area contributed by atoms with E-state index >= 15 is 0 Å². The van der Waals surface area contributed by atoms with Crippen molar-refractivity contribution in [3.8, 4) is 0 Å². The van der Waals surface area contributed by atoms with Gasteiger partial charge in [-0.25, -0.2) is 0 Å². The van der Waals surface area contributed by atoms with Crippen LogP contribution in [0.1, 0.15) is 32.1 Å². The van der Waals surface area contributed by atoms with Crippen molar-refractivity contribution in [2.45, 2.75) is 32.1 Å². The summed E-state index contributed by atoms with van der Waals surface area (Å²) >= 11 is 0. The number of amides is 2. The molecule has 3 rings (SSSR count). The minimum atomic E-state index is -0.207. The molecule has 2 amide bonds. The lowest BCUT2D eigenvalue weighted by atomic mass is 9.93. The molecule has 1 fully saturated rings. The monoisotopic (exact) mass is 327 g/mol. The van der Waals surface area contributed by atoms with Gasteiger partial charge in [0.15, 0.2) is 0 Å². The summed E-state index contributed by atoms with van der Waals surface area (Å²) in [5.41, 5.74) is 7.29. The lowest BCUT2D eigenvalue weighted by Gasteiger charge is -2.33. The summed E-state index contributed by atoms with van der Waals surface area (Å²) < 4.78 is 0. The van der Waals surface area contributed by atoms with Crippen LogP contribution >= 0.6 is 0 Å². The molecular formula is C19H25N3O2. The summed E-state index contributed by atoms with van der Waals surface area (Å²) in [7, 11) is 0. The first-order valence-electron chi connectivity index (χ1n) is 8.74.